The van der Waals surface area contributed by atoms with Gasteiger partial charge in [-0.3, -0.25) is 19.8 Å². The van der Waals surface area contributed by atoms with E-state index in [0.29, 0.717) is 0 Å². The van der Waals surface area contributed by atoms with Gasteiger partial charge in [0, 0.05) is 6.04 Å². The highest BCUT2D eigenvalue weighted by atomic mass is 16.2. The standard InChI is InChI=1S/C13H20N2O2/c1-5-9(4)15-12(16)8-11(13(15)17)14-10(6-2)7-3/h2,9-11,14H,5,7-8H2,1,3-4H3. The zero-order chi connectivity index (χ0) is 13.0. The summed E-state index contributed by atoms with van der Waals surface area (Å²) in [5.74, 6) is 2.34. The van der Waals surface area contributed by atoms with Crippen molar-refractivity contribution in [1.29, 1.82) is 0 Å². The zero-order valence-electron chi connectivity index (χ0n) is 10.7. The van der Waals surface area contributed by atoms with Crippen LogP contribution < -0.4 is 5.32 Å². The molecule has 2 amide bonds. The second kappa shape index (κ2) is 5.83. The summed E-state index contributed by atoms with van der Waals surface area (Å²) >= 11 is 0. The molecule has 1 rings (SSSR count). The lowest BCUT2D eigenvalue weighted by Gasteiger charge is -2.22. The Bertz CT molecular complexity index is 346. The van der Waals surface area contributed by atoms with E-state index in [1.165, 1.54) is 4.90 Å². The predicted molar refractivity (Wildman–Crippen MR) is 66.1 cm³/mol. The molecule has 0 spiro atoms. The van der Waals surface area contributed by atoms with Gasteiger partial charge in [0.1, 0.15) is 0 Å². The molecule has 0 aromatic carbocycles. The fraction of sp³-hybridized carbons (Fsp3) is 0.692. The van der Waals surface area contributed by atoms with E-state index in [1.54, 1.807) is 0 Å². The van der Waals surface area contributed by atoms with Crippen LogP contribution in [0.15, 0.2) is 0 Å². The molecule has 0 aliphatic carbocycles. The number of hydrogen-bond donors (Lipinski definition) is 1. The van der Waals surface area contributed by atoms with Gasteiger partial charge >= 0.3 is 0 Å². The molecule has 4 nitrogen and oxygen atoms in total. The van der Waals surface area contributed by atoms with E-state index >= 15 is 0 Å². The first kappa shape index (κ1) is 13.7. The molecular formula is C13H20N2O2. The van der Waals surface area contributed by atoms with E-state index in [-0.39, 0.29) is 30.3 Å². The SMILES string of the molecule is C#CC(CC)NC1CC(=O)N(C(C)CC)C1=O. The highest BCUT2D eigenvalue weighted by Gasteiger charge is 2.40. The largest absolute Gasteiger partial charge is 0.292 e. The smallest absolute Gasteiger partial charge is 0.247 e. The summed E-state index contributed by atoms with van der Waals surface area (Å²) in [5.41, 5.74) is 0. The number of rotatable bonds is 5. The number of nitrogens with one attached hydrogen (secondary N) is 1. The number of carbonyl (C=O) groups is 2. The van der Waals surface area contributed by atoms with Crippen LogP contribution in [-0.4, -0.2) is 34.8 Å². The Morgan fingerprint density at radius 3 is 2.59 bits per heavy atom. The van der Waals surface area contributed by atoms with Gasteiger partial charge in [0.25, 0.3) is 0 Å². The van der Waals surface area contributed by atoms with E-state index in [2.05, 4.69) is 11.2 Å². The third kappa shape index (κ3) is 2.86. The Morgan fingerprint density at radius 2 is 2.12 bits per heavy atom. The number of amides is 2. The highest BCUT2D eigenvalue weighted by molar-refractivity contribution is 6.05. The van der Waals surface area contributed by atoms with Crippen molar-refractivity contribution in [3.05, 3.63) is 0 Å². The van der Waals surface area contributed by atoms with E-state index in [1.807, 2.05) is 20.8 Å². The highest BCUT2D eigenvalue weighted by Crippen LogP contribution is 2.18. The zero-order valence-corrected chi connectivity index (χ0v) is 10.7. The normalized spacial score (nSPS) is 23.6. The Balaban J connectivity index is 2.71. The van der Waals surface area contributed by atoms with Crippen LogP contribution in [-0.2, 0) is 9.59 Å². The summed E-state index contributed by atoms with van der Waals surface area (Å²) in [4.78, 5) is 25.2. The molecule has 0 saturated carbocycles. The summed E-state index contributed by atoms with van der Waals surface area (Å²) in [6.45, 7) is 5.80. The molecule has 94 valence electrons. The van der Waals surface area contributed by atoms with Gasteiger partial charge in [-0.2, -0.15) is 0 Å². The Hall–Kier alpha value is -1.34. The van der Waals surface area contributed by atoms with Crippen LogP contribution in [0, 0.1) is 12.3 Å². The van der Waals surface area contributed by atoms with Crippen LogP contribution in [0.5, 0.6) is 0 Å². The number of terminal acetylenes is 1. The number of likely N-dealkylation sites (tertiary alicyclic amines) is 1. The average molecular weight is 236 g/mol. The summed E-state index contributed by atoms with van der Waals surface area (Å²) in [6.07, 6.45) is 7.09. The van der Waals surface area contributed by atoms with Crippen molar-refractivity contribution in [2.75, 3.05) is 0 Å². The number of carbonyl (C=O) groups excluding carboxylic acids is 2. The van der Waals surface area contributed by atoms with Gasteiger partial charge in [0.15, 0.2) is 0 Å². The van der Waals surface area contributed by atoms with E-state index in [9.17, 15) is 9.59 Å². The molecule has 17 heavy (non-hydrogen) atoms. The number of imide groups is 1. The van der Waals surface area contributed by atoms with Crippen LogP contribution in [0.2, 0.25) is 0 Å². The molecule has 1 fully saturated rings. The fourth-order valence-electron chi connectivity index (χ4n) is 1.95. The van der Waals surface area contributed by atoms with Crippen molar-refractivity contribution in [2.24, 2.45) is 0 Å². The van der Waals surface area contributed by atoms with Gasteiger partial charge in [0.2, 0.25) is 11.8 Å². The van der Waals surface area contributed by atoms with Crippen molar-refractivity contribution in [3.8, 4) is 12.3 Å². The second-order valence-corrected chi connectivity index (χ2v) is 4.41. The van der Waals surface area contributed by atoms with E-state index < -0.39 is 6.04 Å². The minimum absolute atomic E-state index is 0.0345. The van der Waals surface area contributed by atoms with Gasteiger partial charge in [-0.05, 0) is 19.8 Å². The molecular weight excluding hydrogens is 216 g/mol. The van der Waals surface area contributed by atoms with Gasteiger partial charge in [0.05, 0.1) is 18.5 Å². The first-order chi connectivity index (χ1) is 8.04. The Labute approximate surface area is 103 Å². The Morgan fingerprint density at radius 1 is 1.47 bits per heavy atom. The summed E-state index contributed by atoms with van der Waals surface area (Å²) in [7, 11) is 0. The minimum atomic E-state index is -0.447. The lowest BCUT2D eigenvalue weighted by atomic mass is 10.1. The summed E-state index contributed by atoms with van der Waals surface area (Å²) in [5, 5.41) is 3.06. The molecule has 1 aliphatic heterocycles. The summed E-state index contributed by atoms with van der Waals surface area (Å²) in [6, 6.07) is -0.626. The maximum absolute atomic E-state index is 12.1. The summed E-state index contributed by atoms with van der Waals surface area (Å²) < 4.78 is 0. The van der Waals surface area contributed by atoms with Crippen molar-refractivity contribution in [3.63, 3.8) is 0 Å². The van der Waals surface area contributed by atoms with Gasteiger partial charge in [-0.25, -0.2) is 0 Å². The molecule has 0 aromatic heterocycles. The van der Waals surface area contributed by atoms with Crippen LogP contribution in [0.25, 0.3) is 0 Å². The van der Waals surface area contributed by atoms with E-state index in [4.69, 9.17) is 6.42 Å². The van der Waals surface area contributed by atoms with E-state index in [0.717, 1.165) is 12.8 Å². The maximum Gasteiger partial charge on any atom is 0.247 e. The number of nitrogens with zero attached hydrogens (tertiary/aromatic N) is 1. The fourth-order valence-corrected chi connectivity index (χ4v) is 1.95. The van der Waals surface area contributed by atoms with Crippen molar-refractivity contribution in [1.82, 2.24) is 10.2 Å². The van der Waals surface area contributed by atoms with Crippen LogP contribution in [0.3, 0.4) is 0 Å². The van der Waals surface area contributed by atoms with Crippen molar-refractivity contribution >= 4 is 11.8 Å². The van der Waals surface area contributed by atoms with Crippen LogP contribution in [0.1, 0.15) is 40.0 Å². The monoisotopic (exact) mass is 236 g/mol. The number of hydrogen-bond acceptors (Lipinski definition) is 3. The lowest BCUT2D eigenvalue weighted by molar-refractivity contribution is -0.141. The first-order valence-corrected chi connectivity index (χ1v) is 6.13. The van der Waals surface area contributed by atoms with Crippen molar-refractivity contribution < 1.29 is 9.59 Å². The third-order valence-electron chi connectivity index (χ3n) is 3.23. The molecule has 3 unspecified atom stereocenters. The predicted octanol–water partition coefficient (Wildman–Crippen LogP) is 0.914. The quantitative estimate of drug-likeness (QED) is 0.570. The molecule has 4 heteroatoms. The molecule has 1 heterocycles. The lowest BCUT2D eigenvalue weighted by Crippen LogP contribution is -2.45. The molecule has 0 aromatic rings. The molecule has 0 radical (unpaired) electrons. The van der Waals surface area contributed by atoms with Gasteiger partial charge in [-0.15, -0.1) is 6.42 Å². The van der Waals surface area contributed by atoms with Crippen LogP contribution in [0.4, 0.5) is 0 Å². The van der Waals surface area contributed by atoms with Gasteiger partial charge < -0.3 is 0 Å². The Kier molecular flexibility index (Phi) is 4.71. The topological polar surface area (TPSA) is 49.4 Å². The van der Waals surface area contributed by atoms with Crippen molar-refractivity contribution in [2.45, 2.75) is 58.2 Å². The minimum Gasteiger partial charge on any atom is -0.292 e. The maximum atomic E-state index is 12.1. The molecule has 0 bridgehead atoms. The van der Waals surface area contributed by atoms with Gasteiger partial charge in [-0.1, -0.05) is 19.8 Å². The molecule has 3 atom stereocenters. The molecule has 1 saturated heterocycles. The molecule has 1 aliphatic rings. The van der Waals surface area contributed by atoms with Crippen LogP contribution >= 0.6 is 0 Å². The first-order valence-electron chi connectivity index (χ1n) is 6.13. The average Bonchev–Trinajstić information content (AvgIpc) is 2.60. The third-order valence-corrected chi connectivity index (χ3v) is 3.23. The molecule has 1 N–H and O–H groups in total. The second-order valence-electron chi connectivity index (χ2n) is 4.41.